The zero-order valence-electron chi connectivity index (χ0n) is 14.9. The number of hydrogen-bond donors (Lipinski definition) is 2. The Morgan fingerprint density at radius 1 is 1.00 bits per heavy atom. The molecule has 1 amide bonds. The summed E-state index contributed by atoms with van der Waals surface area (Å²) in [7, 11) is 0. The van der Waals surface area contributed by atoms with Crippen LogP contribution in [0.5, 0.6) is 0 Å². The minimum atomic E-state index is -0.134. The minimum absolute atomic E-state index is 0.0740. The number of benzene rings is 2. The third kappa shape index (κ3) is 4.77. The second-order valence-electron chi connectivity index (χ2n) is 6.08. The van der Waals surface area contributed by atoms with Crippen molar-refractivity contribution in [1.82, 2.24) is 10.3 Å². The molecule has 0 saturated heterocycles. The quantitative estimate of drug-likeness (QED) is 0.681. The van der Waals surface area contributed by atoms with Gasteiger partial charge in [-0.2, -0.15) is 0 Å². The topological polar surface area (TPSA) is 54.0 Å². The molecule has 0 aliphatic carbocycles. The number of aromatic nitrogens is 1. The van der Waals surface area contributed by atoms with Crippen molar-refractivity contribution in [3.63, 3.8) is 0 Å². The molecule has 132 valence electrons. The molecule has 1 unspecified atom stereocenters. The van der Waals surface area contributed by atoms with Crippen LogP contribution in [0.1, 0.15) is 29.8 Å². The second kappa shape index (κ2) is 8.92. The van der Waals surface area contributed by atoms with Gasteiger partial charge in [0, 0.05) is 11.9 Å². The highest BCUT2D eigenvalue weighted by Crippen LogP contribution is 2.19. The van der Waals surface area contributed by atoms with Crippen molar-refractivity contribution in [3.8, 4) is 0 Å². The van der Waals surface area contributed by atoms with Crippen LogP contribution in [0, 0.1) is 0 Å². The van der Waals surface area contributed by atoms with Crippen LogP contribution in [-0.4, -0.2) is 17.4 Å². The molecule has 26 heavy (non-hydrogen) atoms. The van der Waals surface area contributed by atoms with Crippen molar-refractivity contribution in [2.45, 2.75) is 19.4 Å². The summed E-state index contributed by atoms with van der Waals surface area (Å²) in [5.74, 6) is -0.0740. The summed E-state index contributed by atoms with van der Waals surface area (Å²) in [6, 6.07) is 23.6. The van der Waals surface area contributed by atoms with Gasteiger partial charge in [-0.3, -0.25) is 15.1 Å². The van der Waals surface area contributed by atoms with Gasteiger partial charge in [0.05, 0.1) is 18.3 Å². The van der Waals surface area contributed by atoms with E-state index >= 15 is 0 Å². The Morgan fingerprint density at radius 2 is 1.81 bits per heavy atom. The van der Waals surface area contributed by atoms with E-state index in [1.54, 1.807) is 6.20 Å². The van der Waals surface area contributed by atoms with Crippen molar-refractivity contribution in [2.24, 2.45) is 0 Å². The number of carbonyl (C=O) groups excluding carboxylic acids is 1. The normalized spacial score (nSPS) is 11.7. The van der Waals surface area contributed by atoms with Crippen LogP contribution in [0.2, 0.25) is 0 Å². The van der Waals surface area contributed by atoms with E-state index < -0.39 is 0 Å². The summed E-state index contributed by atoms with van der Waals surface area (Å²) in [4.78, 5) is 16.8. The van der Waals surface area contributed by atoms with Gasteiger partial charge in [-0.1, -0.05) is 55.5 Å². The van der Waals surface area contributed by atoms with Gasteiger partial charge in [0.1, 0.15) is 0 Å². The molecule has 0 aliphatic heterocycles. The van der Waals surface area contributed by atoms with Crippen LogP contribution >= 0.6 is 0 Å². The predicted molar refractivity (Wildman–Crippen MR) is 105 cm³/mol. The van der Waals surface area contributed by atoms with Crippen LogP contribution in [0.15, 0.2) is 79.0 Å². The fourth-order valence-corrected chi connectivity index (χ4v) is 2.85. The summed E-state index contributed by atoms with van der Waals surface area (Å²) in [6.07, 6.45) is 2.71. The number of pyridine rings is 1. The Hall–Kier alpha value is -2.98. The highest BCUT2D eigenvalue weighted by molar-refractivity contribution is 5.92. The van der Waals surface area contributed by atoms with E-state index in [9.17, 15) is 4.79 Å². The molecule has 2 aromatic carbocycles. The Morgan fingerprint density at radius 3 is 2.54 bits per heavy atom. The Balaban J connectivity index is 1.68. The Kier molecular flexibility index (Phi) is 6.12. The van der Waals surface area contributed by atoms with Crippen LogP contribution in [0.3, 0.4) is 0 Å². The van der Waals surface area contributed by atoms with Crippen LogP contribution in [0.4, 0.5) is 5.69 Å². The van der Waals surface area contributed by atoms with Gasteiger partial charge in [-0.05, 0) is 41.8 Å². The smallest absolute Gasteiger partial charge is 0.238 e. The summed E-state index contributed by atoms with van der Waals surface area (Å²) in [5, 5.41) is 6.28. The predicted octanol–water partition coefficient (Wildman–Crippen LogP) is 3.96. The van der Waals surface area contributed by atoms with Gasteiger partial charge in [-0.15, -0.1) is 0 Å². The van der Waals surface area contributed by atoms with E-state index in [1.165, 1.54) is 5.56 Å². The van der Waals surface area contributed by atoms with Gasteiger partial charge in [0.15, 0.2) is 0 Å². The maximum Gasteiger partial charge on any atom is 0.238 e. The highest BCUT2D eigenvalue weighted by Gasteiger charge is 2.16. The minimum Gasteiger partial charge on any atom is -0.325 e. The zero-order chi connectivity index (χ0) is 18.2. The van der Waals surface area contributed by atoms with E-state index in [1.807, 2.05) is 66.7 Å². The van der Waals surface area contributed by atoms with Crippen molar-refractivity contribution < 1.29 is 4.79 Å². The van der Waals surface area contributed by atoms with Crippen molar-refractivity contribution in [1.29, 1.82) is 0 Å². The van der Waals surface area contributed by atoms with Crippen LogP contribution < -0.4 is 10.6 Å². The number of amides is 1. The van der Waals surface area contributed by atoms with Crippen molar-refractivity contribution in [3.05, 3.63) is 95.8 Å². The first-order valence-electron chi connectivity index (χ1n) is 8.84. The van der Waals surface area contributed by atoms with E-state index in [0.717, 1.165) is 23.4 Å². The van der Waals surface area contributed by atoms with Gasteiger partial charge in [0.2, 0.25) is 5.91 Å². The van der Waals surface area contributed by atoms with Crippen molar-refractivity contribution >= 4 is 11.6 Å². The lowest BCUT2D eigenvalue weighted by atomic mass is 10.0. The molecule has 2 N–H and O–H groups in total. The lowest BCUT2D eigenvalue weighted by Crippen LogP contribution is -2.32. The van der Waals surface area contributed by atoms with Gasteiger partial charge in [-0.25, -0.2) is 0 Å². The summed E-state index contributed by atoms with van der Waals surface area (Å²) >= 11 is 0. The fourth-order valence-electron chi connectivity index (χ4n) is 2.85. The maximum atomic E-state index is 12.4. The molecule has 1 atom stereocenters. The Bertz CT molecular complexity index is 795. The van der Waals surface area contributed by atoms with Gasteiger partial charge in [0.25, 0.3) is 0 Å². The SMILES string of the molecule is CCc1cccc(NC(=O)CNC(c2ccccc2)c2ccccn2)c1. The first-order chi connectivity index (χ1) is 12.8. The molecule has 3 aromatic rings. The largest absolute Gasteiger partial charge is 0.325 e. The molecule has 0 bridgehead atoms. The van der Waals surface area contributed by atoms with Gasteiger partial charge >= 0.3 is 0 Å². The summed E-state index contributed by atoms with van der Waals surface area (Å²) in [5.41, 5.74) is 3.99. The molecule has 1 aromatic heterocycles. The summed E-state index contributed by atoms with van der Waals surface area (Å²) < 4.78 is 0. The lowest BCUT2D eigenvalue weighted by Gasteiger charge is -2.18. The van der Waals surface area contributed by atoms with Crippen LogP contribution in [-0.2, 0) is 11.2 Å². The van der Waals surface area contributed by atoms with E-state index in [-0.39, 0.29) is 18.5 Å². The highest BCUT2D eigenvalue weighted by atomic mass is 16.1. The number of nitrogens with zero attached hydrogens (tertiary/aromatic N) is 1. The maximum absolute atomic E-state index is 12.4. The third-order valence-corrected chi connectivity index (χ3v) is 4.20. The summed E-state index contributed by atoms with van der Waals surface area (Å²) in [6.45, 7) is 2.30. The van der Waals surface area contributed by atoms with E-state index in [2.05, 4.69) is 28.6 Å². The molecule has 0 aliphatic rings. The molecule has 0 spiro atoms. The number of hydrogen-bond acceptors (Lipinski definition) is 3. The average molecular weight is 345 g/mol. The zero-order valence-corrected chi connectivity index (χ0v) is 14.9. The molecule has 1 heterocycles. The van der Waals surface area contributed by atoms with Crippen molar-refractivity contribution in [2.75, 3.05) is 11.9 Å². The first kappa shape index (κ1) is 17.8. The second-order valence-corrected chi connectivity index (χ2v) is 6.08. The number of nitrogens with one attached hydrogen (secondary N) is 2. The van der Waals surface area contributed by atoms with Crippen LogP contribution in [0.25, 0.3) is 0 Å². The lowest BCUT2D eigenvalue weighted by molar-refractivity contribution is -0.115. The fraction of sp³-hybridized carbons (Fsp3) is 0.182. The molecule has 4 nitrogen and oxygen atoms in total. The Labute approximate surface area is 154 Å². The van der Waals surface area contributed by atoms with Gasteiger partial charge < -0.3 is 5.32 Å². The van der Waals surface area contributed by atoms with E-state index in [4.69, 9.17) is 0 Å². The number of anilines is 1. The first-order valence-corrected chi connectivity index (χ1v) is 8.84. The molecule has 0 fully saturated rings. The molecule has 4 heteroatoms. The number of aryl methyl sites for hydroxylation is 1. The third-order valence-electron chi connectivity index (χ3n) is 4.20. The number of rotatable bonds is 7. The molecule has 0 saturated carbocycles. The molecular formula is C22H23N3O. The number of carbonyl (C=O) groups is 1. The molecular weight excluding hydrogens is 322 g/mol. The van der Waals surface area contributed by atoms with E-state index in [0.29, 0.717) is 0 Å². The monoisotopic (exact) mass is 345 g/mol. The molecule has 0 radical (unpaired) electrons. The standard InChI is InChI=1S/C22H23N3O/c1-2-17-9-8-12-19(15-17)25-21(26)16-24-22(18-10-4-3-5-11-18)20-13-6-7-14-23-20/h3-15,22,24H,2,16H2,1H3,(H,25,26). The molecule has 3 rings (SSSR count). The average Bonchev–Trinajstić information content (AvgIpc) is 2.70.